The number of para-hydroxylation sites is 1. The molecule has 1 N–H and O–H groups in total. The van der Waals surface area contributed by atoms with E-state index in [0.29, 0.717) is 18.7 Å². The zero-order valence-corrected chi connectivity index (χ0v) is 6.53. The molecular weight excluding hydrogens is 154 g/mol. The highest BCUT2D eigenvalue weighted by molar-refractivity contribution is 5.89. The minimum absolute atomic E-state index is 0.396. The Bertz CT molecular complexity index is 320. The summed E-state index contributed by atoms with van der Waals surface area (Å²) in [5.41, 5.74) is 1.75. The molecule has 0 saturated heterocycles. The lowest BCUT2D eigenvalue weighted by Crippen LogP contribution is -2.20. The van der Waals surface area contributed by atoms with Gasteiger partial charge in [0.2, 0.25) is 0 Å². The molecule has 0 amide bonds. The highest BCUT2D eigenvalue weighted by Gasteiger charge is 2.14. The molecule has 0 unspecified atom stereocenters. The van der Waals surface area contributed by atoms with Crippen LogP contribution in [0.1, 0.15) is 5.56 Å². The number of benzene rings is 1. The molecule has 1 aromatic rings. The summed E-state index contributed by atoms with van der Waals surface area (Å²) < 4.78 is 5.34. The van der Waals surface area contributed by atoms with Crippen LogP contribution < -0.4 is 4.74 Å². The topological polar surface area (TPSA) is 41.8 Å². The second kappa shape index (κ2) is 2.85. The molecule has 12 heavy (non-hydrogen) atoms. The van der Waals surface area contributed by atoms with E-state index in [1.54, 1.807) is 0 Å². The Morgan fingerprint density at radius 3 is 3.00 bits per heavy atom. The Hall–Kier alpha value is -1.51. The van der Waals surface area contributed by atoms with Crippen molar-refractivity contribution in [3.05, 3.63) is 29.8 Å². The van der Waals surface area contributed by atoms with Crippen molar-refractivity contribution in [1.29, 1.82) is 0 Å². The minimum atomic E-state index is 0.396. The average molecular weight is 163 g/mol. The van der Waals surface area contributed by atoms with Crippen molar-refractivity contribution in [1.82, 2.24) is 0 Å². The van der Waals surface area contributed by atoms with Gasteiger partial charge in [0, 0.05) is 12.0 Å². The molecule has 0 radical (unpaired) electrons. The number of oxime groups is 1. The largest absolute Gasteiger partial charge is 0.487 e. The summed E-state index contributed by atoms with van der Waals surface area (Å²) in [6.45, 7) is 0.396. The maximum Gasteiger partial charge on any atom is 0.130 e. The molecule has 1 aliphatic heterocycles. The minimum Gasteiger partial charge on any atom is -0.487 e. The molecule has 0 spiro atoms. The van der Waals surface area contributed by atoms with Gasteiger partial charge in [0.1, 0.15) is 12.4 Å². The fourth-order valence-electron chi connectivity index (χ4n) is 1.29. The second-order valence-electron chi connectivity index (χ2n) is 2.74. The Labute approximate surface area is 70.3 Å². The van der Waals surface area contributed by atoms with Gasteiger partial charge in [-0.15, -0.1) is 0 Å². The van der Waals surface area contributed by atoms with Gasteiger partial charge in [-0.05, 0) is 6.07 Å². The van der Waals surface area contributed by atoms with Crippen molar-refractivity contribution in [3.8, 4) is 5.75 Å². The maximum absolute atomic E-state index is 8.52. The first-order valence-electron chi connectivity index (χ1n) is 3.80. The predicted molar refractivity (Wildman–Crippen MR) is 44.9 cm³/mol. The normalized spacial score (nSPS) is 18.5. The van der Waals surface area contributed by atoms with E-state index in [2.05, 4.69) is 5.16 Å². The molecule has 0 atom stereocenters. The number of fused-ring (bicyclic) bond motifs is 1. The van der Waals surface area contributed by atoms with E-state index in [4.69, 9.17) is 9.94 Å². The molecule has 1 heterocycles. The van der Waals surface area contributed by atoms with Crippen molar-refractivity contribution in [2.75, 3.05) is 6.61 Å². The van der Waals surface area contributed by atoms with Crippen molar-refractivity contribution in [3.63, 3.8) is 0 Å². The van der Waals surface area contributed by atoms with Crippen LogP contribution in [0.25, 0.3) is 0 Å². The fraction of sp³-hybridized carbons (Fsp3) is 0.222. The highest BCUT2D eigenvalue weighted by Crippen LogP contribution is 2.22. The Kier molecular flexibility index (Phi) is 1.70. The summed E-state index contributed by atoms with van der Waals surface area (Å²) in [6.07, 6.45) is 0.687. The van der Waals surface area contributed by atoms with Crippen LogP contribution in [-0.2, 0) is 6.42 Å². The van der Waals surface area contributed by atoms with Crippen molar-refractivity contribution in [2.45, 2.75) is 6.42 Å². The molecule has 2 rings (SSSR count). The van der Waals surface area contributed by atoms with E-state index in [-0.39, 0.29) is 0 Å². The molecular formula is C9H9NO2. The van der Waals surface area contributed by atoms with E-state index < -0.39 is 0 Å². The van der Waals surface area contributed by atoms with Crippen molar-refractivity contribution in [2.24, 2.45) is 5.16 Å². The first kappa shape index (κ1) is 7.16. The lowest BCUT2D eigenvalue weighted by atomic mass is 10.1. The lowest BCUT2D eigenvalue weighted by Gasteiger charge is -2.17. The van der Waals surface area contributed by atoms with Gasteiger partial charge >= 0.3 is 0 Å². The first-order valence-corrected chi connectivity index (χ1v) is 3.80. The van der Waals surface area contributed by atoms with Crippen LogP contribution in [0.15, 0.2) is 29.4 Å². The zero-order valence-electron chi connectivity index (χ0n) is 6.53. The molecule has 0 saturated carbocycles. The van der Waals surface area contributed by atoms with Gasteiger partial charge in [0.05, 0.1) is 5.71 Å². The monoisotopic (exact) mass is 163 g/mol. The number of rotatable bonds is 0. The molecule has 0 aliphatic carbocycles. The third-order valence-corrected chi connectivity index (χ3v) is 1.90. The molecule has 0 aromatic heterocycles. The average Bonchev–Trinajstić information content (AvgIpc) is 2.17. The van der Waals surface area contributed by atoms with Crippen LogP contribution in [0.4, 0.5) is 0 Å². The van der Waals surface area contributed by atoms with E-state index in [1.165, 1.54) is 0 Å². The Balaban J connectivity index is 2.35. The molecule has 62 valence electrons. The number of hydrogen-bond donors (Lipinski definition) is 1. The number of ether oxygens (including phenoxy) is 1. The third-order valence-electron chi connectivity index (χ3n) is 1.90. The Morgan fingerprint density at radius 1 is 1.33 bits per heavy atom. The van der Waals surface area contributed by atoms with Crippen LogP contribution in [0.2, 0.25) is 0 Å². The van der Waals surface area contributed by atoms with E-state index in [9.17, 15) is 0 Å². The third kappa shape index (κ3) is 1.13. The molecule has 3 heteroatoms. The van der Waals surface area contributed by atoms with Gasteiger partial charge < -0.3 is 9.94 Å². The van der Waals surface area contributed by atoms with Crippen LogP contribution in [0, 0.1) is 0 Å². The number of nitrogens with zero attached hydrogens (tertiary/aromatic N) is 1. The quantitative estimate of drug-likeness (QED) is 0.464. The van der Waals surface area contributed by atoms with Gasteiger partial charge in [-0.25, -0.2) is 0 Å². The van der Waals surface area contributed by atoms with E-state index in [1.807, 2.05) is 24.3 Å². The summed E-state index contributed by atoms with van der Waals surface area (Å²) in [5, 5.41) is 11.7. The summed E-state index contributed by atoms with van der Waals surface area (Å²) in [7, 11) is 0. The van der Waals surface area contributed by atoms with Crippen LogP contribution in [0.3, 0.4) is 0 Å². The molecule has 0 fully saturated rings. The smallest absolute Gasteiger partial charge is 0.130 e. The van der Waals surface area contributed by atoms with E-state index in [0.717, 1.165) is 11.3 Å². The number of hydrogen-bond acceptors (Lipinski definition) is 3. The standard InChI is InChI=1S/C9H9NO2/c11-10-8-5-7-3-1-2-4-9(7)12-6-8/h1-4,11H,5-6H2. The van der Waals surface area contributed by atoms with Crippen LogP contribution >= 0.6 is 0 Å². The van der Waals surface area contributed by atoms with Gasteiger partial charge in [0.15, 0.2) is 0 Å². The SMILES string of the molecule is ON=C1COc2ccccc2C1. The van der Waals surface area contributed by atoms with E-state index >= 15 is 0 Å². The lowest BCUT2D eigenvalue weighted by molar-refractivity contribution is 0.301. The molecule has 0 bridgehead atoms. The van der Waals surface area contributed by atoms with Gasteiger partial charge in [0.25, 0.3) is 0 Å². The molecule has 1 aliphatic rings. The summed E-state index contributed by atoms with van der Waals surface area (Å²) >= 11 is 0. The maximum atomic E-state index is 8.52. The molecule has 1 aromatic carbocycles. The van der Waals surface area contributed by atoms with Crippen molar-refractivity contribution >= 4 is 5.71 Å². The zero-order chi connectivity index (χ0) is 8.39. The van der Waals surface area contributed by atoms with Gasteiger partial charge in [-0.3, -0.25) is 0 Å². The summed E-state index contributed by atoms with van der Waals surface area (Å²) in [4.78, 5) is 0. The highest BCUT2D eigenvalue weighted by atomic mass is 16.5. The fourth-order valence-corrected chi connectivity index (χ4v) is 1.29. The van der Waals surface area contributed by atoms with Gasteiger partial charge in [-0.2, -0.15) is 0 Å². The molecule has 3 nitrogen and oxygen atoms in total. The summed E-state index contributed by atoms with van der Waals surface area (Å²) in [5.74, 6) is 0.893. The first-order chi connectivity index (χ1) is 5.90. The van der Waals surface area contributed by atoms with Crippen LogP contribution in [-0.4, -0.2) is 17.5 Å². The van der Waals surface area contributed by atoms with Crippen molar-refractivity contribution < 1.29 is 9.94 Å². The van der Waals surface area contributed by atoms with Crippen LogP contribution in [0.5, 0.6) is 5.75 Å². The Morgan fingerprint density at radius 2 is 2.17 bits per heavy atom. The van der Waals surface area contributed by atoms with Gasteiger partial charge in [-0.1, -0.05) is 23.4 Å². The second-order valence-corrected chi connectivity index (χ2v) is 2.74. The predicted octanol–water partition coefficient (Wildman–Crippen LogP) is 1.45. The summed E-state index contributed by atoms with van der Waals surface area (Å²) in [6, 6.07) is 7.77.